The molecule has 0 aromatic rings. The number of ketones is 1. The van der Waals surface area contributed by atoms with Crippen LogP contribution in [0.2, 0.25) is 0 Å². The Labute approximate surface area is 152 Å². The van der Waals surface area contributed by atoms with Crippen molar-refractivity contribution < 1.29 is 24.9 Å². The normalized spacial score (nSPS) is 13.6. The predicted octanol–water partition coefficient (Wildman–Crippen LogP) is 4.23. The van der Waals surface area contributed by atoms with Gasteiger partial charge in [0.1, 0.15) is 0 Å². The summed E-state index contributed by atoms with van der Waals surface area (Å²) in [5.74, 6) is -1.95. The van der Waals surface area contributed by atoms with Gasteiger partial charge in [-0.15, -0.1) is 0 Å². The number of aliphatic carboxylic acids is 1. The molecule has 1 unspecified atom stereocenters. The van der Waals surface area contributed by atoms with E-state index >= 15 is 0 Å². The van der Waals surface area contributed by atoms with E-state index in [1.165, 1.54) is 6.42 Å². The van der Waals surface area contributed by atoms with E-state index in [0.29, 0.717) is 12.8 Å². The van der Waals surface area contributed by atoms with E-state index in [0.717, 1.165) is 64.2 Å². The molecule has 0 amide bonds. The summed E-state index contributed by atoms with van der Waals surface area (Å²) < 4.78 is 0. The van der Waals surface area contributed by atoms with E-state index in [4.69, 9.17) is 5.11 Å². The van der Waals surface area contributed by atoms with Crippen LogP contribution in [-0.4, -0.2) is 39.3 Å². The third-order valence-electron chi connectivity index (χ3n) is 4.77. The first kappa shape index (κ1) is 24.1. The number of aliphatic hydroxyl groups is 2. The molecule has 148 valence electrons. The van der Waals surface area contributed by atoms with Crippen molar-refractivity contribution in [3.8, 4) is 0 Å². The largest absolute Gasteiger partial charge is 0.479 e. The van der Waals surface area contributed by atoms with Crippen LogP contribution in [0, 0.1) is 0 Å². The standard InChI is InChI=1S/C20H38O5/c1-2-3-4-5-10-13-16-20(25,19(23)24)18(22)15-12-9-7-6-8-11-14-17-21/h21,25H,2-17H2,1H3,(H,23,24). The number of carbonyl (C=O) groups excluding carboxylic acids is 1. The summed E-state index contributed by atoms with van der Waals surface area (Å²) in [5.41, 5.74) is -2.20. The van der Waals surface area contributed by atoms with E-state index in [1.807, 2.05) is 0 Å². The van der Waals surface area contributed by atoms with E-state index in [-0.39, 0.29) is 19.4 Å². The van der Waals surface area contributed by atoms with Gasteiger partial charge in [0.05, 0.1) is 0 Å². The van der Waals surface area contributed by atoms with Crippen LogP contribution in [0.15, 0.2) is 0 Å². The van der Waals surface area contributed by atoms with Crippen molar-refractivity contribution in [2.75, 3.05) is 6.61 Å². The van der Waals surface area contributed by atoms with Crippen molar-refractivity contribution in [2.45, 2.75) is 109 Å². The maximum Gasteiger partial charge on any atom is 0.343 e. The van der Waals surface area contributed by atoms with E-state index in [1.54, 1.807) is 0 Å². The fraction of sp³-hybridized carbons (Fsp3) is 0.900. The van der Waals surface area contributed by atoms with Crippen molar-refractivity contribution >= 4 is 11.8 Å². The molecule has 1 atom stereocenters. The van der Waals surface area contributed by atoms with Gasteiger partial charge in [-0.05, 0) is 25.7 Å². The fourth-order valence-electron chi connectivity index (χ4n) is 3.01. The fourth-order valence-corrected chi connectivity index (χ4v) is 3.01. The van der Waals surface area contributed by atoms with Crippen molar-refractivity contribution in [3.63, 3.8) is 0 Å². The number of carbonyl (C=O) groups is 2. The maximum atomic E-state index is 12.2. The minimum Gasteiger partial charge on any atom is -0.479 e. The van der Waals surface area contributed by atoms with Gasteiger partial charge in [-0.25, -0.2) is 4.79 Å². The van der Waals surface area contributed by atoms with Crippen molar-refractivity contribution in [2.24, 2.45) is 0 Å². The second kappa shape index (κ2) is 15.3. The predicted molar refractivity (Wildman–Crippen MR) is 99.6 cm³/mol. The Kier molecular flexibility index (Phi) is 14.7. The Morgan fingerprint density at radius 3 is 1.76 bits per heavy atom. The lowest BCUT2D eigenvalue weighted by molar-refractivity contribution is -0.166. The summed E-state index contributed by atoms with van der Waals surface area (Å²) in [4.78, 5) is 23.6. The van der Waals surface area contributed by atoms with Crippen molar-refractivity contribution in [3.05, 3.63) is 0 Å². The lowest BCUT2D eigenvalue weighted by atomic mass is 9.88. The summed E-state index contributed by atoms with van der Waals surface area (Å²) in [7, 11) is 0. The second-order valence-electron chi connectivity index (χ2n) is 7.05. The van der Waals surface area contributed by atoms with Crippen LogP contribution in [0.1, 0.15) is 103 Å². The molecule has 25 heavy (non-hydrogen) atoms. The molecule has 5 nitrogen and oxygen atoms in total. The van der Waals surface area contributed by atoms with Crippen LogP contribution in [0.25, 0.3) is 0 Å². The number of hydrogen-bond acceptors (Lipinski definition) is 4. The number of aliphatic hydroxyl groups excluding tert-OH is 1. The highest BCUT2D eigenvalue weighted by Crippen LogP contribution is 2.21. The SMILES string of the molecule is CCCCCCCCC(O)(C(=O)O)C(=O)CCCCCCCCCO. The van der Waals surface area contributed by atoms with Gasteiger partial charge in [-0.2, -0.15) is 0 Å². The minimum atomic E-state index is -2.20. The van der Waals surface area contributed by atoms with Crippen LogP contribution in [0.3, 0.4) is 0 Å². The molecule has 0 fully saturated rings. The quantitative estimate of drug-likeness (QED) is 0.252. The molecule has 3 N–H and O–H groups in total. The maximum absolute atomic E-state index is 12.2. The lowest BCUT2D eigenvalue weighted by Crippen LogP contribution is -2.46. The Bertz CT molecular complexity index is 356. The zero-order valence-electron chi connectivity index (χ0n) is 16.0. The molecule has 0 aromatic carbocycles. The van der Waals surface area contributed by atoms with Gasteiger partial charge in [0, 0.05) is 13.0 Å². The summed E-state index contributed by atoms with van der Waals surface area (Å²) in [6.45, 7) is 2.37. The van der Waals surface area contributed by atoms with Crippen LogP contribution >= 0.6 is 0 Å². The number of carboxylic acid groups (broad SMARTS) is 1. The molecule has 0 bridgehead atoms. The van der Waals surface area contributed by atoms with Gasteiger partial charge in [-0.3, -0.25) is 4.79 Å². The summed E-state index contributed by atoms with van der Waals surface area (Å²) >= 11 is 0. The molecule has 0 aromatic heterocycles. The molecular formula is C20H38O5. The number of Topliss-reactive ketones (excluding diaryl/α,β-unsaturated/α-hetero) is 1. The molecule has 5 heteroatoms. The number of unbranched alkanes of at least 4 members (excludes halogenated alkanes) is 11. The van der Waals surface area contributed by atoms with Crippen molar-refractivity contribution in [1.82, 2.24) is 0 Å². The van der Waals surface area contributed by atoms with E-state index in [9.17, 15) is 19.8 Å². The average molecular weight is 359 g/mol. The molecule has 0 heterocycles. The van der Waals surface area contributed by atoms with Crippen molar-refractivity contribution in [1.29, 1.82) is 0 Å². The first-order valence-electron chi connectivity index (χ1n) is 10.1. The van der Waals surface area contributed by atoms with Crippen LogP contribution in [0.5, 0.6) is 0 Å². The van der Waals surface area contributed by atoms with Gasteiger partial charge in [0.25, 0.3) is 0 Å². The highest BCUT2D eigenvalue weighted by atomic mass is 16.4. The molecule has 0 saturated carbocycles. The zero-order valence-corrected chi connectivity index (χ0v) is 16.0. The molecular weight excluding hydrogens is 320 g/mol. The Morgan fingerprint density at radius 2 is 1.24 bits per heavy atom. The zero-order chi connectivity index (χ0) is 19.0. The first-order chi connectivity index (χ1) is 12.0. The third kappa shape index (κ3) is 11.3. The van der Waals surface area contributed by atoms with Crippen LogP contribution in [-0.2, 0) is 9.59 Å². The van der Waals surface area contributed by atoms with Gasteiger partial charge in [0.15, 0.2) is 5.78 Å². The smallest absolute Gasteiger partial charge is 0.343 e. The van der Waals surface area contributed by atoms with Gasteiger partial charge in [0.2, 0.25) is 5.60 Å². The molecule has 0 aliphatic heterocycles. The van der Waals surface area contributed by atoms with Crippen LogP contribution in [0.4, 0.5) is 0 Å². The first-order valence-corrected chi connectivity index (χ1v) is 10.1. The summed E-state index contributed by atoms with van der Waals surface area (Å²) in [5, 5.41) is 28.3. The van der Waals surface area contributed by atoms with Gasteiger partial charge in [-0.1, -0.05) is 71.1 Å². The highest BCUT2D eigenvalue weighted by Gasteiger charge is 2.42. The molecule has 0 aliphatic rings. The second-order valence-corrected chi connectivity index (χ2v) is 7.05. The van der Waals surface area contributed by atoms with Crippen LogP contribution < -0.4 is 0 Å². The van der Waals surface area contributed by atoms with E-state index < -0.39 is 17.4 Å². The minimum absolute atomic E-state index is 0.0223. The van der Waals surface area contributed by atoms with Gasteiger partial charge >= 0.3 is 5.97 Å². The highest BCUT2D eigenvalue weighted by molar-refractivity contribution is 6.06. The number of carboxylic acids is 1. The molecule has 0 aliphatic carbocycles. The molecule has 0 radical (unpaired) electrons. The molecule has 0 rings (SSSR count). The summed E-state index contributed by atoms with van der Waals surface area (Å²) in [6.07, 6.45) is 12.5. The monoisotopic (exact) mass is 358 g/mol. The Morgan fingerprint density at radius 1 is 0.760 bits per heavy atom. The van der Waals surface area contributed by atoms with Gasteiger partial charge < -0.3 is 15.3 Å². The third-order valence-corrected chi connectivity index (χ3v) is 4.77. The average Bonchev–Trinajstić information content (AvgIpc) is 2.59. The Balaban J connectivity index is 3.99. The van der Waals surface area contributed by atoms with E-state index in [2.05, 4.69) is 6.92 Å². The Hall–Kier alpha value is -0.940. The summed E-state index contributed by atoms with van der Waals surface area (Å²) in [6, 6.07) is 0. The molecule has 0 spiro atoms. The number of rotatable bonds is 18. The topological polar surface area (TPSA) is 94.8 Å². The lowest BCUT2D eigenvalue weighted by Gasteiger charge is -2.22. The molecule has 0 saturated heterocycles. The number of hydrogen-bond donors (Lipinski definition) is 3.